The third kappa shape index (κ3) is 3.30. The molecule has 1 aromatic carbocycles. The van der Waals surface area contributed by atoms with Gasteiger partial charge in [0.2, 0.25) is 5.91 Å². The number of primary amides is 1. The highest BCUT2D eigenvalue weighted by Gasteiger charge is 2.20. The average Bonchev–Trinajstić information content (AvgIpc) is 2.73. The normalized spacial score (nSPS) is 23.8. The van der Waals surface area contributed by atoms with Crippen LogP contribution in [0.1, 0.15) is 42.1 Å². The first-order chi connectivity index (χ1) is 8.15. The maximum atomic E-state index is 11.1. The summed E-state index contributed by atoms with van der Waals surface area (Å²) in [5.74, 6) is 0.478. The molecule has 1 aromatic rings. The number of carbonyl (C=O) groups excluding carboxylic acids is 1. The van der Waals surface area contributed by atoms with Gasteiger partial charge in [0.05, 0.1) is 0 Å². The van der Waals surface area contributed by atoms with E-state index >= 15 is 0 Å². The molecule has 1 aliphatic carbocycles. The molecule has 0 aromatic heterocycles. The minimum absolute atomic E-state index is 0.360. The lowest BCUT2D eigenvalue weighted by Gasteiger charge is -2.12. The molecular formula is C14H20N2O. The first-order valence-electron chi connectivity index (χ1n) is 6.27. The van der Waals surface area contributed by atoms with Crippen LogP contribution in [-0.2, 0) is 6.54 Å². The van der Waals surface area contributed by atoms with Crippen LogP contribution in [0.25, 0.3) is 0 Å². The van der Waals surface area contributed by atoms with Crippen LogP contribution in [0.5, 0.6) is 0 Å². The van der Waals surface area contributed by atoms with Crippen LogP contribution in [0, 0.1) is 5.92 Å². The van der Waals surface area contributed by atoms with Crippen LogP contribution in [0.15, 0.2) is 24.3 Å². The largest absolute Gasteiger partial charge is 0.366 e. The van der Waals surface area contributed by atoms with Crippen LogP contribution >= 0.6 is 0 Å². The molecule has 0 heterocycles. The summed E-state index contributed by atoms with van der Waals surface area (Å²) < 4.78 is 0. The topological polar surface area (TPSA) is 55.1 Å². The predicted molar refractivity (Wildman–Crippen MR) is 68.6 cm³/mol. The Hall–Kier alpha value is -1.35. The van der Waals surface area contributed by atoms with Crippen LogP contribution in [0.2, 0.25) is 0 Å². The van der Waals surface area contributed by atoms with Crippen molar-refractivity contribution in [3.8, 4) is 0 Å². The van der Waals surface area contributed by atoms with E-state index in [2.05, 4.69) is 12.2 Å². The Bertz CT molecular complexity index is 403. The van der Waals surface area contributed by atoms with Crippen molar-refractivity contribution >= 4 is 5.91 Å². The van der Waals surface area contributed by atoms with Crippen LogP contribution in [0.3, 0.4) is 0 Å². The Labute approximate surface area is 102 Å². The van der Waals surface area contributed by atoms with E-state index in [1.165, 1.54) is 19.3 Å². The van der Waals surface area contributed by atoms with Gasteiger partial charge in [-0.25, -0.2) is 0 Å². The van der Waals surface area contributed by atoms with E-state index in [9.17, 15) is 4.79 Å². The molecule has 1 fully saturated rings. The fourth-order valence-corrected chi connectivity index (χ4v) is 2.49. The lowest BCUT2D eigenvalue weighted by Crippen LogP contribution is -2.25. The van der Waals surface area contributed by atoms with Crippen LogP contribution in [-0.4, -0.2) is 11.9 Å². The van der Waals surface area contributed by atoms with Crippen molar-refractivity contribution in [1.29, 1.82) is 0 Å². The predicted octanol–water partition coefficient (Wildman–Crippen LogP) is 2.06. The van der Waals surface area contributed by atoms with Crippen molar-refractivity contribution in [3.05, 3.63) is 35.4 Å². The van der Waals surface area contributed by atoms with Gasteiger partial charge < -0.3 is 11.1 Å². The van der Waals surface area contributed by atoms with Gasteiger partial charge in [-0.2, -0.15) is 0 Å². The monoisotopic (exact) mass is 232 g/mol. The van der Waals surface area contributed by atoms with Gasteiger partial charge in [0.1, 0.15) is 0 Å². The summed E-state index contributed by atoms with van der Waals surface area (Å²) in [6.45, 7) is 3.12. The number of amides is 1. The number of hydrogen-bond donors (Lipinski definition) is 2. The fourth-order valence-electron chi connectivity index (χ4n) is 2.49. The van der Waals surface area contributed by atoms with Gasteiger partial charge in [0.25, 0.3) is 0 Å². The molecule has 0 radical (unpaired) electrons. The summed E-state index contributed by atoms with van der Waals surface area (Å²) >= 11 is 0. The quantitative estimate of drug-likeness (QED) is 0.835. The Balaban J connectivity index is 1.90. The lowest BCUT2D eigenvalue weighted by molar-refractivity contribution is 0.1000. The van der Waals surface area contributed by atoms with Gasteiger partial charge in [-0.15, -0.1) is 0 Å². The third-order valence-electron chi connectivity index (χ3n) is 3.50. The molecule has 2 atom stereocenters. The standard InChI is InChI=1S/C14H20N2O/c1-10-5-6-13(7-10)16-9-11-3-2-4-12(8-11)14(15)17/h2-4,8,10,13,16H,5-7,9H2,1H3,(H2,15,17). The SMILES string of the molecule is CC1CCC(NCc2cccc(C(N)=O)c2)C1. The second-order valence-corrected chi connectivity index (χ2v) is 5.06. The third-order valence-corrected chi connectivity index (χ3v) is 3.50. The zero-order chi connectivity index (χ0) is 12.3. The molecule has 92 valence electrons. The molecular weight excluding hydrogens is 212 g/mol. The molecule has 1 amide bonds. The lowest BCUT2D eigenvalue weighted by atomic mass is 10.1. The van der Waals surface area contributed by atoms with E-state index in [1.807, 2.05) is 18.2 Å². The summed E-state index contributed by atoms with van der Waals surface area (Å²) in [5.41, 5.74) is 6.97. The second kappa shape index (κ2) is 5.32. The highest BCUT2D eigenvalue weighted by Crippen LogP contribution is 2.24. The number of carbonyl (C=O) groups is 1. The summed E-state index contributed by atoms with van der Waals surface area (Å²) in [6, 6.07) is 8.16. The van der Waals surface area contributed by atoms with Crippen LogP contribution in [0.4, 0.5) is 0 Å². The highest BCUT2D eigenvalue weighted by molar-refractivity contribution is 5.92. The smallest absolute Gasteiger partial charge is 0.248 e. The first-order valence-corrected chi connectivity index (χ1v) is 6.27. The van der Waals surface area contributed by atoms with Gasteiger partial charge in [0.15, 0.2) is 0 Å². The first kappa shape index (κ1) is 12.1. The highest BCUT2D eigenvalue weighted by atomic mass is 16.1. The van der Waals surface area contributed by atoms with E-state index in [1.54, 1.807) is 6.07 Å². The van der Waals surface area contributed by atoms with Crippen molar-refractivity contribution in [2.45, 2.75) is 38.8 Å². The maximum absolute atomic E-state index is 11.1. The minimum atomic E-state index is -0.360. The van der Waals surface area contributed by atoms with E-state index < -0.39 is 0 Å². The van der Waals surface area contributed by atoms with Crippen molar-refractivity contribution in [3.63, 3.8) is 0 Å². The molecule has 1 saturated carbocycles. The zero-order valence-electron chi connectivity index (χ0n) is 10.3. The summed E-state index contributed by atoms with van der Waals surface area (Å²) in [7, 11) is 0. The number of nitrogens with two attached hydrogens (primary N) is 1. The number of nitrogens with one attached hydrogen (secondary N) is 1. The molecule has 0 saturated heterocycles. The molecule has 3 heteroatoms. The number of benzene rings is 1. The molecule has 2 unspecified atom stereocenters. The molecule has 3 nitrogen and oxygen atoms in total. The Morgan fingerprint density at radius 2 is 2.29 bits per heavy atom. The molecule has 1 aliphatic rings. The van der Waals surface area contributed by atoms with Gasteiger partial charge in [0, 0.05) is 18.2 Å². The van der Waals surface area contributed by atoms with E-state index in [4.69, 9.17) is 5.73 Å². The van der Waals surface area contributed by atoms with Crippen molar-refractivity contribution in [2.24, 2.45) is 11.7 Å². The molecule has 0 aliphatic heterocycles. The maximum Gasteiger partial charge on any atom is 0.248 e. The molecule has 3 N–H and O–H groups in total. The van der Waals surface area contributed by atoms with E-state index in [-0.39, 0.29) is 5.91 Å². The molecule has 0 bridgehead atoms. The fraction of sp³-hybridized carbons (Fsp3) is 0.500. The van der Waals surface area contributed by atoms with E-state index in [0.29, 0.717) is 11.6 Å². The van der Waals surface area contributed by atoms with E-state index in [0.717, 1.165) is 18.0 Å². The van der Waals surface area contributed by atoms with Crippen molar-refractivity contribution in [1.82, 2.24) is 5.32 Å². The van der Waals surface area contributed by atoms with Gasteiger partial charge in [-0.1, -0.05) is 19.1 Å². The van der Waals surface area contributed by atoms with Gasteiger partial charge >= 0.3 is 0 Å². The summed E-state index contributed by atoms with van der Waals surface area (Å²) in [6.07, 6.45) is 3.84. The number of hydrogen-bond acceptors (Lipinski definition) is 2. The van der Waals surface area contributed by atoms with Crippen molar-refractivity contribution in [2.75, 3.05) is 0 Å². The summed E-state index contributed by atoms with van der Waals surface area (Å²) in [4.78, 5) is 11.1. The molecule has 0 spiro atoms. The Morgan fingerprint density at radius 1 is 1.47 bits per heavy atom. The Kier molecular flexibility index (Phi) is 3.79. The van der Waals surface area contributed by atoms with Gasteiger partial charge in [-0.3, -0.25) is 4.79 Å². The molecule has 17 heavy (non-hydrogen) atoms. The minimum Gasteiger partial charge on any atom is -0.366 e. The number of rotatable bonds is 4. The zero-order valence-corrected chi connectivity index (χ0v) is 10.3. The second-order valence-electron chi connectivity index (χ2n) is 5.06. The van der Waals surface area contributed by atoms with Crippen LogP contribution < -0.4 is 11.1 Å². The Morgan fingerprint density at radius 3 is 2.94 bits per heavy atom. The average molecular weight is 232 g/mol. The van der Waals surface area contributed by atoms with Crippen molar-refractivity contribution < 1.29 is 4.79 Å². The van der Waals surface area contributed by atoms with Gasteiger partial charge in [-0.05, 0) is 42.9 Å². The summed E-state index contributed by atoms with van der Waals surface area (Å²) in [5, 5.41) is 3.54. The molecule has 2 rings (SSSR count).